The number of aromatic carboxylic acids is 1. The summed E-state index contributed by atoms with van der Waals surface area (Å²) in [5.74, 6) is -1.21. The molecule has 1 N–H and O–H groups in total. The van der Waals surface area contributed by atoms with Crippen LogP contribution < -0.4 is 0 Å². The number of carboxylic acids is 1. The molecular weight excluding hydrogens is 369 g/mol. The Hall–Kier alpha value is -1.41. The van der Waals surface area contributed by atoms with Crippen LogP contribution in [0, 0.1) is 0 Å². The number of nitrogens with zero attached hydrogens (tertiary/aromatic N) is 3. The van der Waals surface area contributed by atoms with Crippen LogP contribution in [-0.4, -0.2) is 71.2 Å². The van der Waals surface area contributed by atoms with Gasteiger partial charge in [-0.2, -0.15) is 0 Å². The number of likely N-dealkylation sites (N-methyl/N-ethyl adjacent to an activating group) is 1. The van der Waals surface area contributed by atoms with Gasteiger partial charge in [0.05, 0.1) is 13.2 Å². The quantitative estimate of drug-likeness (QED) is 0.705. The Morgan fingerprint density at radius 2 is 2.12 bits per heavy atom. The van der Waals surface area contributed by atoms with Crippen molar-refractivity contribution in [2.45, 2.75) is 25.9 Å². The molecule has 1 atom stereocenters. The van der Waals surface area contributed by atoms with E-state index >= 15 is 0 Å². The Morgan fingerprint density at radius 3 is 2.68 bits per heavy atom. The van der Waals surface area contributed by atoms with Gasteiger partial charge in [-0.1, -0.05) is 6.07 Å². The smallest absolute Gasteiger partial charge is 0.354 e. The molecule has 25 heavy (non-hydrogen) atoms. The third-order valence-electron chi connectivity index (χ3n) is 4.00. The van der Waals surface area contributed by atoms with Gasteiger partial charge in [0.1, 0.15) is 5.69 Å². The van der Waals surface area contributed by atoms with Crippen LogP contribution in [0.1, 0.15) is 29.4 Å². The summed E-state index contributed by atoms with van der Waals surface area (Å²) in [7, 11) is 1.94. The first-order chi connectivity index (χ1) is 11.0. The first kappa shape index (κ1) is 23.6. The van der Waals surface area contributed by atoms with Gasteiger partial charge in [-0.05, 0) is 32.0 Å². The number of carbonyl (C=O) groups excluding carboxylic acids is 1. The van der Waals surface area contributed by atoms with Crippen molar-refractivity contribution >= 4 is 36.8 Å². The summed E-state index contributed by atoms with van der Waals surface area (Å²) in [6.07, 6.45) is 2.61. The molecule has 1 aromatic rings. The maximum Gasteiger partial charge on any atom is 0.354 e. The van der Waals surface area contributed by atoms with Crippen molar-refractivity contribution in [1.29, 1.82) is 0 Å². The molecule has 0 radical (unpaired) electrons. The number of pyridine rings is 1. The van der Waals surface area contributed by atoms with Gasteiger partial charge >= 0.3 is 11.9 Å². The average molecular weight is 394 g/mol. The number of carboxylic acid groups (broad SMARTS) is 1. The number of esters is 1. The lowest BCUT2D eigenvalue weighted by molar-refractivity contribution is -0.144. The van der Waals surface area contributed by atoms with E-state index in [1.165, 1.54) is 6.07 Å². The largest absolute Gasteiger partial charge is 0.477 e. The molecule has 0 amide bonds. The molecule has 0 spiro atoms. The molecule has 0 saturated carbocycles. The van der Waals surface area contributed by atoms with E-state index < -0.39 is 5.97 Å². The predicted molar refractivity (Wildman–Crippen MR) is 98.6 cm³/mol. The molecule has 1 aliphatic rings. The van der Waals surface area contributed by atoms with E-state index in [2.05, 4.69) is 9.88 Å². The van der Waals surface area contributed by atoms with Gasteiger partial charge in [0.15, 0.2) is 0 Å². The van der Waals surface area contributed by atoms with Gasteiger partial charge in [-0.25, -0.2) is 9.78 Å². The van der Waals surface area contributed by atoms with E-state index in [1.54, 1.807) is 19.2 Å². The number of rotatable bonds is 7. The second-order valence-electron chi connectivity index (χ2n) is 5.75. The molecule has 2 heterocycles. The number of halogens is 2. The predicted octanol–water partition coefficient (Wildman–Crippen LogP) is 1.69. The monoisotopic (exact) mass is 393 g/mol. The topological polar surface area (TPSA) is 83.0 Å². The lowest BCUT2D eigenvalue weighted by Gasteiger charge is -2.23. The lowest BCUT2D eigenvalue weighted by Crippen LogP contribution is -2.38. The van der Waals surface area contributed by atoms with Gasteiger partial charge in [-0.3, -0.25) is 14.6 Å². The SMILES string of the molecule is CCOC(=O)CN(C)[C@H]1CCN(Cc2ccc(C(=O)O)nc2)C1.Cl.Cl. The van der Waals surface area contributed by atoms with Crippen molar-refractivity contribution in [3.05, 3.63) is 29.6 Å². The number of likely N-dealkylation sites (tertiary alicyclic amines) is 1. The summed E-state index contributed by atoms with van der Waals surface area (Å²) >= 11 is 0. The molecule has 1 fully saturated rings. The van der Waals surface area contributed by atoms with Crippen molar-refractivity contribution in [3.63, 3.8) is 0 Å². The van der Waals surface area contributed by atoms with E-state index in [-0.39, 0.29) is 36.5 Å². The molecule has 0 aliphatic carbocycles. The Bertz CT molecular complexity index is 557. The number of ether oxygens (including phenoxy) is 1. The fraction of sp³-hybridized carbons (Fsp3) is 0.562. The summed E-state index contributed by atoms with van der Waals surface area (Å²) in [5, 5.41) is 8.85. The normalized spacial score (nSPS) is 16.8. The minimum Gasteiger partial charge on any atom is -0.477 e. The minimum absolute atomic E-state index is 0. The molecule has 142 valence electrons. The van der Waals surface area contributed by atoms with Crippen LogP contribution in [0.4, 0.5) is 0 Å². The molecule has 1 aromatic heterocycles. The van der Waals surface area contributed by atoms with Crippen molar-refractivity contribution < 1.29 is 19.4 Å². The Balaban J connectivity index is 0.00000288. The van der Waals surface area contributed by atoms with Crippen LogP contribution in [0.25, 0.3) is 0 Å². The van der Waals surface area contributed by atoms with E-state index in [0.29, 0.717) is 19.2 Å². The molecule has 0 unspecified atom stereocenters. The minimum atomic E-state index is -1.02. The number of hydrogen-bond donors (Lipinski definition) is 1. The van der Waals surface area contributed by atoms with Gasteiger partial charge in [0, 0.05) is 31.9 Å². The molecule has 1 saturated heterocycles. The first-order valence-electron chi connectivity index (χ1n) is 7.76. The van der Waals surface area contributed by atoms with Gasteiger partial charge in [-0.15, -0.1) is 24.8 Å². The van der Waals surface area contributed by atoms with Gasteiger partial charge in [0.2, 0.25) is 0 Å². The molecule has 0 aromatic carbocycles. The van der Waals surface area contributed by atoms with Crippen molar-refractivity contribution in [2.75, 3.05) is 33.3 Å². The number of aromatic nitrogens is 1. The maximum absolute atomic E-state index is 11.5. The Labute approximate surface area is 160 Å². The van der Waals surface area contributed by atoms with E-state index in [0.717, 1.165) is 31.6 Å². The molecule has 2 rings (SSSR count). The average Bonchev–Trinajstić information content (AvgIpc) is 2.96. The third kappa shape index (κ3) is 7.15. The second-order valence-corrected chi connectivity index (χ2v) is 5.75. The highest BCUT2D eigenvalue weighted by molar-refractivity contribution is 5.86. The fourth-order valence-electron chi connectivity index (χ4n) is 2.76. The summed E-state index contributed by atoms with van der Waals surface area (Å²) < 4.78 is 4.97. The standard InChI is InChI=1S/C16H23N3O4.2ClH/c1-3-23-15(20)11-18(2)13-6-7-19(10-13)9-12-4-5-14(16(21)22)17-8-12;;/h4-5,8,13H,3,6-7,9-11H2,1-2H3,(H,21,22);2*1H/t13-;;/m0../s1. The van der Waals surface area contributed by atoms with Crippen LogP contribution in [0.5, 0.6) is 0 Å². The summed E-state index contributed by atoms with van der Waals surface area (Å²) in [5.41, 5.74) is 1.05. The van der Waals surface area contributed by atoms with E-state index in [9.17, 15) is 9.59 Å². The van der Waals surface area contributed by atoms with Gasteiger partial charge in [0.25, 0.3) is 0 Å². The highest BCUT2D eigenvalue weighted by Gasteiger charge is 2.27. The zero-order valence-electron chi connectivity index (χ0n) is 14.4. The molecular formula is C16H25Cl2N3O4. The summed E-state index contributed by atoms with van der Waals surface area (Å²) in [6, 6.07) is 3.65. The summed E-state index contributed by atoms with van der Waals surface area (Å²) in [4.78, 5) is 30.6. The summed E-state index contributed by atoms with van der Waals surface area (Å²) in [6.45, 7) is 5.06. The van der Waals surface area contributed by atoms with Crippen LogP contribution in [-0.2, 0) is 16.1 Å². The lowest BCUT2D eigenvalue weighted by atomic mass is 10.2. The molecule has 7 nitrogen and oxygen atoms in total. The number of hydrogen-bond acceptors (Lipinski definition) is 6. The number of carbonyl (C=O) groups is 2. The first-order valence-corrected chi connectivity index (χ1v) is 7.76. The third-order valence-corrected chi connectivity index (χ3v) is 4.00. The van der Waals surface area contributed by atoms with Crippen molar-refractivity contribution in [3.8, 4) is 0 Å². The fourth-order valence-corrected chi connectivity index (χ4v) is 2.76. The second kappa shape index (κ2) is 11.3. The zero-order valence-corrected chi connectivity index (χ0v) is 16.0. The molecule has 0 bridgehead atoms. The maximum atomic E-state index is 11.5. The van der Waals surface area contributed by atoms with E-state index in [4.69, 9.17) is 9.84 Å². The van der Waals surface area contributed by atoms with Crippen LogP contribution in [0.2, 0.25) is 0 Å². The van der Waals surface area contributed by atoms with Crippen LogP contribution >= 0.6 is 24.8 Å². The highest BCUT2D eigenvalue weighted by atomic mass is 35.5. The Kier molecular flexibility index (Phi) is 10.6. The van der Waals surface area contributed by atoms with Crippen LogP contribution in [0.3, 0.4) is 0 Å². The van der Waals surface area contributed by atoms with Crippen molar-refractivity contribution in [2.24, 2.45) is 0 Å². The van der Waals surface area contributed by atoms with Crippen LogP contribution in [0.15, 0.2) is 18.3 Å². The Morgan fingerprint density at radius 1 is 1.40 bits per heavy atom. The van der Waals surface area contributed by atoms with E-state index in [1.807, 2.05) is 11.9 Å². The zero-order chi connectivity index (χ0) is 16.8. The highest BCUT2D eigenvalue weighted by Crippen LogP contribution is 2.17. The van der Waals surface area contributed by atoms with Gasteiger partial charge < -0.3 is 9.84 Å². The van der Waals surface area contributed by atoms with Crippen molar-refractivity contribution in [1.82, 2.24) is 14.8 Å². The molecule has 9 heteroatoms. The molecule has 1 aliphatic heterocycles.